The van der Waals surface area contributed by atoms with Crippen molar-refractivity contribution in [3.63, 3.8) is 0 Å². The Hall–Kier alpha value is -2.90. The Morgan fingerprint density at radius 3 is 2.54 bits per heavy atom. The van der Waals surface area contributed by atoms with Gasteiger partial charge >= 0.3 is 6.18 Å². The van der Waals surface area contributed by atoms with Crippen LogP contribution in [0.15, 0.2) is 42.7 Å². The number of benzene rings is 2. The summed E-state index contributed by atoms with van der Waals surface area (Å²) in [4.78, 5) is 8.04. The molecule has 4 nitrogen and oxygen atoms in total. The number of ether oxygens (including phenoxy) is 1. The number of hydrogen-bond acceptors (Lipinski definition) is 4. The summed E-state index contributed by atoms with van der Waals surface area (Å²) >= 11 is 0. The van der Waals surface area contributed by atoms with Crippen LogP contribution in [0, 0.1) is 5.82 Å². The van der Waals surface area contributed by atoms with Gasteiger partial charge in [-0.2, -0.15) is 13.2 Å². The molecule has 0 spiro atoms. The van der Waals surface area contributed by atoms with E-state index < -0.39 is 17.6 Å². The Morgan fingerprint density at radius 2 is 1.83 bits per heavy atom. The van der Waals surface area contributed by atoms with Crippen LogP contribution in [0.1, 0.15) is 5.56 Å². The summed E-state index contributed by atoms with van der Waals surface area (Å²) in [5, 5.41) is 3.09. The summed E-state index contributed by atoms with van der Waals surface area (Å²) in [6, 6.07) is 7.11. The summed E-state index contributed by atoms with van der Waals surface area (Å²) in [5.41, 5.74) is -0.740. The maximum absolute atomic E-state index is 13.9. The first-order valence-corrected chi connectivity index (χ1v) is 6.81. The van der Waals surface area contributed by atoms with Crippen LogP contribution in [0.5, 0.6) is 5.75 Å². The molecule has 0 amide bonds. The van der Waals surface area contributed by atoms with Gasteiger partial charge in [0.1, 0.15) is 23.7 Å². The summed E-state index contributed by atoms with van der Waals surface area (Å²) in [6.45, 7) is 0. The van der Waals surface area contributed by atoms with E-state index in [0.717, 1.165) is 6.07 Å². The highest BCUT2D eigenvalue weighted by Crippen LogP contribution is 2.33. The van der Waals surface area contributed by atoms with Crippen LogP contribution in [0.3, 0.4) is 0 Å². The Bertz CT molecular complexity index is 896. The third kappa shape index (κ3) is 3.08. The van der Waals surface area contributed by atoms with Gasteiger partial charge in [0, 0.05) is 5.39 Å². The largest absolute Gasteiger partial charge is 0.497 e. The average Bonchev–Trinajstić information content (AvgIpc) is 2.55. The molecule has 1 aromatic heterocycles. The van der Waals surface area contributed by atoms with Gasteiger partial charge in [-0.3, -0.25) is 0 Å². The van der Waals surface area contributed by atoms with Gasteiger partial charge in [0.2, 0.25) is 0 Å². The first kappa shape index (κ1) is 16.0. The average molecular weight is 337 g/mol. The molecular weight excluding hydrogens is 326 g/mol. The molecule has 1 heterocycles. The van der Waals surface area contributed by atoms with Crippen LogP contribution in [0.4, 0.5) is 29.1 Å². The zero-order valence-electron chi connectivity index (χ0n) is 12.4. The van der Waals surface area contributed by atoms with E-state index in [2.05, 4.69) is 15.3 Å². The third-order valence-corrected chi connectivity index (χ3v) is 3.39. The minimum Gasteiger partial charge on any atom is -0.497 e. The van der Waals surface area contributed by atoms with E-state index in [4.69, 9.17) is 4.74 Å². The van der Waals surface area contributed by atoms with E-state index in [1.165, 1.54) is 13.4 Å². The number of nitrogens with zero attached hydrogens (tertiary/aromatic N) is 2. The predicted octanol–water partition coefficient (Wildman–Crippen LogP) is 4.54. The van der Waals surface area contributed by atoms with Crippen molar-refractivity contribution < 1.29 is 22.3 Å². The lowest BCUT2D eigenvalue weighted by Gasteiger charge is -2.12. The third-order valence-electron chi connectivity index (χ3n) is 3.39. The SMILES string of the molecule is COc1ccc2ncnc(Nc3cc(C(F)(F)F)ccc3F)c2c1. The van der Waals surface area contributed by atoms with Gasteiger partial charge in [0.05, 0.1) is 23.9 Å². The Kier molecular flexibility index (Phi) is 3.96. The fourth-order valence-corrected chi connectivity index (χ4v) is 2.19. The summed E-state index contributed by atoms with van der Waals surface area (Å²) in [7, 11) is 1.48. The minimum atomic E-state index is -4.57. The van der Waals surface area contributed by atoms with Crippen molar-refractivity contribution in [3.05, 3.63) is 54.1 Å². The van der Waals surface area contributed by atoms with Crippen LogP contribution in [0.25, 0.3) is 10.9 Å². The van der Waals surface area contributed by atoms with Gasteiger partial charge in [0.25, 0.3) is 0 Å². The molecular formula is C16H11F4N3O. The molecule has 124 valence electrons. The second-order valence-corrected chi connectivity index (χ2v) is 4.92. The predicted molar refractivity (Wildman–Crippen MR) is 80.8 cm³/mol. The molecule has 0 aliphatic heterocycles. The fraction of sp³-hybridized carbons (Fsp3) is 0.125. The lowest BCUT2D eigenvalue weighted by Crippen LogP contribution is -2.07. The van der Waals surface area contributed by atoms with E-state index in [1.807, 2.05) is 0 Å². The van der Waals surface area contributed by atoms with Crippen LogP contribution >= 0.6 is 0 Å². The van der Waals surface area contributed by atoms with E-state index >= 15 is 0 Å². The molecule has 0 aliphatic carbocycles. The zero-order chi connectivity index (χ0) is 17.3. The highest BCUT2D eigenvalue weighted by molar-refractivity contribution is 5.91. The minimum absolute atomic E-state index is 0.178. The van der Waals surface area contributed by atoms with Crippen molar-refractivity contribution >= 4 is 22.4 Å². The van der Waals surface area contributed by atoms with Crippen LogP contribution in [-0.4, -0.2) is 17.1 Å². The molecule has 3 aromatic rings. The Morgan fingerprint density at radius 1 is 1.04 bits per heavy atom. The number of rotatable bonds is 3. The van der Waals surface area contributed by atoms with E-state index in [1.54, 1.807) is 18.2 Å². The van der Waals surface area contributed by atoms with Crippen molar-refractivity contribution in [2.24, 2.45) is 0 Å². The van der Waals surface area contributed by atoms with E-state index in [9.17, 15) is 17.6 Å². The fourth-order valence-electron chi connectivity index (χ4n) is 2.19. The summed E-state index contributed by atoms with van der Waals surface area (Å²) in [5.74, 6) is -0.125. The van der Waals surface area contributed by atoms with Crippen LogP contribution in [-0.2, 0) is 6.18 Å². The molecule has 0 saturated carbocycles. The monoisotopic (exact) mass is 337 g/mol. The molecule has 0 saturated heterocycles. The smallest absolute Gasteiger partial charge is 0.416 e. The molecule has 0 aliphatic rings. The first-order valence-electron chi connectivity index (χ1n) is 6.81. The number of nitrogens with one attached hydrogen (secondary N) is 1. The maximum Gasteiger partial charge on any atom is 0.416 e. The number of methoxy groups -OCH3 is 1. The number of halogens is 4. The topological polar surface area (TPSA) is 47.0 Å². The number of hydrogen-bond donors (Lipinski definition) is 1. The van der Waals surface area contributed by atoms with Gasteiger partial charge < -0.3 is 10.1 Å². The number of alkyl halides is 3. The zero-order valence-corrected chi connectivity index (χ0v) is 12.4. The van der Waals surface area contributed by atoms with Crippen molar-refractivity contribution in [1.29, 1.82) is 0 Å². The van der Waals surface area contributed by atoms with Crippen LogP contribution in [0.2, 0.25) is 0 Å². The van der Waals surface area contributed by atoms with E-state index in [-0.39, 0.29) is 11.5 Å². The second kappa shape index (κ2) is 5.95. The molecule has 0 radical (unpaired) electrons. The van der Waals surface area contributed by atoms with Crippen molar-refractivity contribution in [2.45, 2.75) is 6.18 Å². The van der Waals surface area contributed by atoms with Gasteiger partial charge in [-0.05, 0) is 36.4 Å². The van der Waals surface area contributed by atoms with Crippen LogP contribution < -0.4 is 10.1 Å². The van der Waals surface area contributed by atoms with Gasteiger partial charge in [0.15, 0.2) is 0 Å². The Labute approximate surface area is 134 Å². The van der Waals surface area contributed by atoms with Crippen molar-refractivity contribution in [2.75, 3.05) is 12.4 Å². The highest BCUT2D eigenvalue weighted by Gasteiger charge is 2.31. The molecule has 8 heteroatoms. The lowest BCUT2D eigenvalue weighted by molar-refractivity contribution is -0.137. The summed E-state index contributed by atoms with van der Waals surface area (Å²) < 4.78 is 57.4. The molecule has 3 rings (SSSR count). The highest BCUT2D eigenvalue weighted by atomic mass is 19.4. The Balaban J connectivity index is 2.07. The molecule has 0 atom stereocenters. The van der Waals surface area contributed by atoms with Gasteiger partial charge in [-0.25, -0.2) is 14.4 Å². The molecule has 2 aromatic carbocycles. The van der Waals surface area contributed by atoms with Crippen molar-refractivity contribution in [3.8, 4) is 5.75 Å². The van der Waals surface area contributed by atoms with Gasteiger partial charge in [-0.15, -0.1) is 0 Å². The molecule has 0 bridgehead atoms. The van der Waals surface area contributed by atoms with Crippen molar-refractivity contribution in [1.82, 2.24) is 9.97 Å². The molecule has 24 heavy (non-hydrogen) atoms. The van der Waals surface area contributed by atoms with E-state index in [0.29, 0.717) is 28.8 Å². The first-order chi connectivity index (χ1) is 11.4. The molecule has 1 N–H and O–H groups in total. The standard InChI is InChI=1S/C16H11F4N3O/c1-24-10-3-5-13-11(7-10)15(22-8-21-13)23-14-6-9(16(18,19)20)2-4-12(14)17/h2-8H,1H3,(H,21,22,23). The second-order valence-electron chi connectivity index (χ2n) is 4.92. The maximum atomic E-state index is 13.9. The molecule has 0 unspecified atom stereocenters. The quantitative estimate of drug-likeness (QED) is 0.713. The number of fused-ring (bicyclic) bond motifs is 1. The number of aromatic nitrogens is 2. The number of anilines is 2. The summed E-state index contributed by atoms with van der Waals surface area (Å²) in [6.07, 6.45) is -3.33. The normalized spacial score (nSPS) is 11.5. The molecule has 0 fully saturated rings. The lowest BCUT2D eigenvalue weighted by atomic mass is 10.1. The van der Waals surface area contributed by atoms with Gasteiger partial charge in [-0.1, -0.05) is 0 Å².